The van der Waals surface area contributed by atoms with Crippen LogP contribution in [0.4, 0.5) is 0 Å². The Morgan fingerprint density at radius 1 is 1.43 bits per heavy atom. The third-order valence-electron chi connectivity index (χ3n) is 4.25. The number of allylic oxidation sites excluding steroid dienone is 2. The Balaban J connectivity index is 1.98. The van der Waals surface area contributed by atoms with Crippen LogP contribution in [0.15, 0.2) is 36.0 Å². The van der Waals surface area contributed by atoms with Crippen LogP contribution in [-0.4, -0.2) is 22.3 Å². The predicted octanol–water partition coefficient (Wildman–Crippen LogP) is 3.96. The largest absolute Gasteiger partial charge is 0.336 e. The topological polar surface area (TPSA) is 33.2 Å². The molecule has 0 aromatic carbocycles. The number of piperidine rings is 1. The molecule has 1 amide bonds. The lowest BCUT2D eigenvalue weighted by molar-refractivity contribution is -0.138. The van der Waals surface area contributed by atoms with E-state index in [0.29, 0.717) is 13.0 Å². The van der Waals surface area contributed by atoms with Gasteiger partial charge in [-0.25, -0.2) is 0 Å². The summed E-state index contributed by atoms with van der Waals surface area (Å²) < 4.78 is 0. The summed E-state index contributed by atoms with van der Waals surface area (Å²) in [6.45, 7) is 8.07. The highest BCUT2D eigenvalue weighted by molar-refractivity contribution is 5.77. The van der Waals surface area contributed by atoms with Gasteiger partial charge in [0.15, 0.2) is 0 Å². The predicted molar refractivity (Wildman–Crippen MR) is 85.7 cm³/mol. The number of aromatic nitrogens is 1. The number of amides is 1. The van der Waals surface area contributed by atoms with E-state index >= 15 is 0 Å². The smallest absolute Gasteiger partial charge is 0.222 e. The molecule has 1 atom stereocenters. The number of carbonyl (C=O) groups is 1. The second-order valence-electron chi connectivity index (χ2n) is 6.70. The van der Waals surface area contributed by atoms with Crippen molar-refractivity contribution < 1.29 is 4.79 Å². The Kier molecular flexibility index (Phi) is 5.16. The zero-order chi connectivity index (χ0) is 15.3. The van der Waals surface area contributed by atoms with Gasteiger partial charge in [0, 0.05) is 19.2 Å². The highest BCUT2D eigenvalue weighted by Crippen LogP contribution is 2.35. The summed E-state index contributed by atoms with van der Waals surface area (Å²) in [5, 5.41) is 0. The molecule has 0 saturated carbocycles. The molecule has 0 aliphatic carbocycles. The van der Waals surface area contributed by atoms with Gasteiger partial charge in [0.1, 0.15) is 0 Å². The van der Waals surface area contributed by atoms with E-state index in [4.69, 9.17) is 0 Å². The highest BCUT2D eigenvalue weighted by Gasteiger charge is 2.34. The molecule has 1 aliphatic rings. The summed E-state index contributed by atoms with van der Waals surface area (Å²) in [5.74, 6) is 0.264. The minimum atomic E-state index is 0.231. The van der Waals surface area contributed by atoms with Gasteiger partial charge in [0.05, 0.1) is 12.2 Å². The van der Waals surface area contributed by atoms with Crippen molar-refractivity contribution in [3.63, 3.8) is 0 Å². The van der Waals surface area contributed by atoms with Crippen LogP contribution in [-0.2, 0) is 11.3 Å². The first-order chi connectivity index (χ1) is 9.98. The van der Waals surface area contributed by atoms with E-state index in [0.717, 1.165) is 31.5 Å². The summed E-state index contributed by atoms with van der Waals surface area (Å²) in [4.78, 5) is 18.5. The monoisotopic (exact) mass is 286 g/mol. The Labute approximate surface area is 128 Å². The fourth-order valence-corrected chi connectivity index (χ4v) is 2.94. The van der Waals surface area contributed by atoms with Crippen molar-refractivity contribution in [2.24, 2.45) is 5.41 Å². The summed E-state index contributed by atoms with van der Waals surface area (Å²) in [6.07, 6.45) is 8.00. The van der Waals surface area contributed by atoms with Crippen molar-refractivity contribution in [3.05, 3.63) is 41.7 Å². The molecule has 0 radical (unpaired) electrons. The lowest BCUT2D eigenvalue weighted by atomic mass is 9.77. The average molecular weight is 286 g/mol. The summed E-state index contributed by atoms with van der Waals surface area (Å²) in [5.41, 5.74) is 2.57. The maximum absolute atomic E-state index is 12.2. The van der Waals surface area contributed by atoms with Gasteiger partial charge in [0.2, 0.25) is 5.91 Å². The number of rotatable bonds is 5. The Morgan fingerprint density at radius 3 is 2.90 bits per heavy atom. The standard InChI is InChI=1S/C18H26N2O/c1-15(2)7-6-10-18(3)11-9-17(21)20(14-18)13-16-8-4-5-12-19-16/h4-5,7-8,12H,6,9-11,13-14H2,1-3H3. The van der Waals surface area contributed by atoms with Crippen LogP contribution >= 0.6 is 0 Å². The maximum atomic E-state index is 12.2. The van der Waals surface area contributed by atoms with Crippen LogP contribution in [0.3, 0.4) is 0 Å². The summed E-state index contributed by atoms with van der Waals surface area (Å²) >= 11 is 0. The molecule has 1 fully saturated rings. The van der Waals surface area contributed by atoms with Gasteiger partial charge in [0.25, 0.3) is 0 Å². The first-order valence-electron chi connectivity index (χ1n) is 7.80. The first-order valence-corrected chi connectivity index (χ1v) is 7.80. The highest BCUT2D eigenvalue weighted by atomic mass is 16.2. The van der Waals surface area contributed by atoms with Crippen molar-refractivity contribution in [3.8, 4) is 0 Å². The van der Waals surface area contributed by atoms with Crippen molar-refractivity contribution in [2.45, 2.75) is 53.0 Å². The van der Waals surface area contributed by atoms with Crippen LogP contribution in [0.25, 0.3) is 0 Å². The second kappa shape index (κ2) is 6.88. The van der Waals surface area contributed by atoms with Gasteiger partial charge in [-0.1, -0.05) is 24.6 Å². The van der Waals surface area contributed by atoms with Crippen LogP contribution in [0.1, 0.15) is 52.1 Å². The number of nitrogens with zero attached hydrogens (tertiary/aromatic N) is 2. The molecule has 1 aromatic rings. The summed E-state index contributed by atoms with van der Waals surface area (Å²) in [7, 11) is 0. The van der Waals surface area contributed by atoms with E-state index in [1.54, 1.807) is 6.20 Å². The molecular formula is C18H26N2O. The van der Waals surface area contributed by atoms with Crippen molar-refractivity contribution in [2.75, 3.05) is 6.54 Å². The average Bonchev–Trinajstić information content (AvgIpc) is 2.44. The van der Waals surface area contributed by atoms with E-state index in [9.17, 15) is 4.79 Å². The molecule has 1 aromatic heterocycles. The molecule has 0 N–H and O–H groups in total. The number of likely N-dealkylation sites (tertiary alicyclic amines) is 1. The maximum Gasteiger partial charge on any atom is 0.222 e. The number of hydrogen-bond acceptors (Lipinski definition) is 2. The Hall–Kier alpha value is -1.64. The normalized spacial score (nSPS) is 22.2. The zero-order valence-corrected chi connectivity index (χ0v) is 13.4. The summed E-state index contributed by atoms with van der Waals surface area (Å²) in [6, 6.07) is 5.87. The first kappa shape index (κ1) is 15.7. The SMILES string of the molecule is CC(C)=CCCC1(C)CCC(=O)N(Cc2ccccn2)C1. The quantitative estimate of drug-likeness (QED) is 0.768. The van der Waals surface area contributed by atoms with Gasteiger partial charge in [-0.15, -0.1) is 0 Å². The number of hydrogen-bond donors (Lipinski definition) is 0. The fourth-order valence-electron chi connectivity index (χ4n) is 2.94. The van der Waals surface area contributed by atoms with E-state index < -0.39 is 0 Å². The molecule has 1 unspecified atom stereocenters. The third kappa shape index (κ3) is 4.69. The van der Waals surface area contributed by atoms with Crippen LogP contribution in [0.5, 0.6) is 0 Å². The van der Waals surface area contributed by atoms with Gasteiger partial charge in [-0.3, -0.25) is 9.78 Å². The van der Waals surface area contributed by atoms with E-state index in [-0.39, 0.29) is 11.3 Å². The Bertz CT molecular complexity index is 505. The molecule has 2 rings (SSSR count). The van der Waals surface area contributed by atoms with Gasteiger partial charge in [-0.2, -0.15) is 0 Å². The zero-order valence-electron chi connectivity index (χ0n) is 13.4. The molecule has 114 valence electrons. The van der Waals surface area contributed by atoms with E-state index in [2.05, 4.69) is 31.8 Å². The lowest BCUT2D eigenvalue weighted by Gasteiger charge is -2.40. The second-order valence-corrected chi connectivity index (χ2v) is 6.70. The van der Waals surface area contributed by atoms with Crippen molar-refractivity contribution in [1.29, 1.82) is 0 Å². The molecule has 1 aliphatic heterocycles. The molecule has 2 heterocycles. The van der Waals surface area contributed by atoms with Crippen LogP contribution < -0.4 is 0 Å². The molecule has 1 saturated heterocycles. The van der Waals surface area contributed by atoms with Crippen molar-refractivity contribution in [1.82, 2.24) is 9.88 Å². The van der Waals surface area contributed by atoms with Crippen LogP contribution in [0.2, 0.25) is 0 Å². The molecule has 3 nitrogen and oxygen atoms in total. The Morgan fingerprint density at radius 2 is 2.24 bits per heavy atom. The van der Waals surface area contributed by atoms with Gasteiger partial charge in [-0.05, 0) is 50.7 Å². The number of carbonyl (C=O) groups excluding carboxylic acids is 1. The lowest BCUT2D eigenvalue weighted by Crippen LogP contribution is -2.44. The fraction of sp³-hybridized carbons (Fsp3) is 0.556. The molecule has 0 bridgehead atoms. The number of pyridine rings is 1. The molecular weight excluding hydrogens is 260 g/mol. The molecule has 21 heavy (non-hydrogen) atoms. The van der Waals surface area contributed by atoms with E-state index in [1.165, 1.54) is 5.57 Å². The minimum Gasteiger partial charge on any atom is -0.336 e. The van der Waals surface area contributed by atoms with Gasteiger partial charge < -0.3 is 4.90 Å². The van der Waals surface area contributed by atoms with Gasteiger partial charge >= 0.3 is 0 Å². The van der Waals surface area contributed by atoms with Crippen molar-refractivity contribution >= 4 is 5.91 Å². The third-order valence-corrected chi connectivity index (χ3v) is 4.25. The molecule has 3 heteroatoms. The van der Waals surface area contributed by atoms with Crippen LogP contribution in [0, 0.1) is 5.41 Å². The minimum absolute atomic E-state index is 0.231. The van der Waals surface area contributed by atoms with E-state index in [1.807, 2.05) is 23.1 Å². The molecule has 0 spiro atoms.